The van der Waals surface area contributed by atoms with Gasteiger partial charge in [-0.15, -0.1) is 0 Å². The average molecular weight is 283 g/mol. The molecular formula is C13H9N5O3. The Morgan fingerprint density at radius 3 is 2.71 bits per heavy atom. The summed E-state index contributed by atoms with van der Waals surface area (Å²) in [6, 6.07) is 9.20. The molecule has 0 unspecified atom stereocenters. The molecule has 0 saturated heterocycles. The molecule has 0 fully saturated rings. The molecule has 2 aromatic heterocycles. The van der Waals surface area contributed by atoms with Gasteiger partial charge in [0.25, 0.3) is 5.91 Å². The van der Waals surface area contributed by atoms with E-state index in [1.54, 1.807) is 18.2 Å². The van der Waals surface area contributed by atoms with Crippen molar-refractivity contribution < 1.29 is 14.7 Å². The third kappa shape index (κ3) is 2.54. The highest BCUT2D eigenvalue weighted by Gasteiger charge is 2.11. The number of benzene rings is 1. The summed E-state index contributed by atoms with van der Waals surface area (Å²) in [7, 11) is 0. The standard InChI is InChI=1S/C13H9N5O3/c19-12(7-4-5-8-10(6-7)17-18-16-8)15-11-3-1-2-9(14-11)13(20)21/h1-6H,(H,20,21)(H,14,15,19)(H,16,17,18). The summed E-state index contributed by atoms with van der Waals surface area (Å²) in [5.74, 6) is -1.40. The zero-order valence-corrected chi connectivity index (χ0v) is 10.6. The zero-order chi connectivity index (χ0) is 14.8. The smallest absolute Gasteiger partial charge is 0.354 e. The first-order chi connectivity index (χ1) is 10.1. The summed E-state index contributed by atoms with van der Waals surface area (Å²) in [5.41, 5.74) is 1.45. The largest absolute Gasteiger partial charge is 0.477 e. The predicted octanol–water partition coefficient (Wildman–Crippen LogP) is 1.30. The number of aromatic nitrogens is 4. The molecule has 3 rings (SSSR count). The number of anilines is 1. The number of aromatic amines is 1. The Morgan fingerprint density at radius 1 is 1.10 bits per heavy atom. The fourth-order valence-corrected chi connectivity index (χ4v) is 1.79. The van der Waals surface area contributed by atoms with Crippen molar-refractivity contribution in [3.63, 3.8) is 0 Å². The Labute approximate surface area is 117 Å². The molecule has 3 N–H and O–H groups in total. The SMILES string of the molecule is O=C(Nc1cccc(C(=O)O)n1)c1ccc2n[nH]nc2c1. The molecule has 0 spiro atoms. The number of amides is 1. The summed E-state index contributed by atoms with van der Waals surface area (Å²) in [4.78, 5) is 26.8. The van der Waals surface area contributed by atoms with Crippen LogP contribution in [0.1, 0.15) is 20.8 Å². The quantitative estimate of drug-likeness (QED) is 0.666. The molecule has 21 heavy (non-hydrogen) atoms. The van der Waals surface area contributed by atoms with Crippen LogP contribution in [-0.4, -0.2) is 37.4 Å². The maximum absolute atomic E-state index is 12.1. The van der Waals surface area contributed by atoms with E-state index in [0.717, 1.165) is 0 Å². The first-order valence-electron chi connectivity index (χ1n) is 5.96. The Balaban J connectivity index is 1.85. The lowest BCUT2D eigenvalue weighted by Crippen LogP contribution is -2.14. The van der Waals surface area contributed by atoms with Crippen LogP contribution in [0.25, 0.3) is 11.0 Å². The normalized spacial score (nSPS) is 10.5. The minimum atomic E-state index is -1.16. The van der Waals surface area contributed by atoms with E-state index in [1.807, 2.05) is 0 Å². The Kier molecular flexibility index (Phi) is 3.03. The van der Waals surface area contributed by atoms with Crippen LogP contribution in [0, 0.1) is 0 Å². The first kappa shape index (κ1) is 12.7. The number of nitrogens with one attached hydrogen (secondary N) is 2. The fraction of sp³-hybridized carbons (Fsp3) is 0. The van der Waals surface area contributed by atoms with Crippen LogP contribution in [0.2, 0.25) is 0 Å². The van der Waals surface area contributed by atoms with Gasteiger partial charge >= 0.3 is 5.97 Å². The van der Waals surface area contributed by atoms with Crippen molar-refractivity contribution in [1.29, 1.82) is 0 Å². The van der Waals surface area contributed by atoms with Gasteiger partial charge in [-0.3, -0.25) is 4.79 Å². The number of hydrogen-bond donors (Lipinski definition) is 3. The summed E-state index contributed by atoms with van der Waals surface area (Å²) >= 11 is 0. The highest BCUT2D eigenvalue weighted by atomic mass is 16.4. The van der Waals surface area contributed by atoms with Crippen LogP contribution >= 0.6 is 0 Å². The third-order valence-electron chi connectivity index (χ3n) is 2.79. The van der Waals surface area contributed by atoms with Gasteiger partial charge in [-0.2, -0.15) is 15.4 Å². The van der Waals surface area contributed by atoms with Gasteiger partial charge < -0.3 is 10.4 Å². The van der Waals surface area contributed by atoms with Crippen molar-refractivity contribution in [1.82, 2.24) is 20.4 Å². The van der Waals surface area contributed by atoms with Gasteiger partial charge in [0.2, 0.25) is 0 Å². The van der Waals surface area contributed by atoms with E-state index in [1.165, 1.54) is 18.2 Å². The van der Waals surface area contributed by atoms with Crippen molar-refractivity contribution in [3.8, 4) is 0 Å². The van der Waals surface area contributed by atoms with Gasteiger partial charge in [0, 0.05) is 5.56 Å². The average Bonchev–Trinajstić information content (AvgIpc) is 2.94. The van der Waals surface area contributed by atoms with Crippen LogP contribution in [0.5, 0.6) is 0 Å². The number of rotatable bonds is 3. The highest BCUT2D eigenvalue weighted by molar-refractivity contribution is 6.05. The predicted molar refractivity (Wildman–Crippen MR) is 73.0 cm³/mol. The number of aromatic carboxylic acids is 1. The second kappa shape index (κ2) is 5.00. The van der Waals surface area contributed by atoms with E-state index in [0.29, 0.717) is 16.6 Å². The number of nitrogens with zero attached hydrogens (tertiary/aromatic N) is 3. The molecule has 0 saturated carbocycles. The van der Waals surface area contributed by atoms with Crippen molar-refractivity contribution in [2.75, 3.05) is 5.32 Å². The monoisotopic (exact) mass is 283 g/mol. The molecule has 0 aliphatic rings. The molecule has 0 aliphatic heterocycles. The Morgan fingerprint density at radius 2 is 1.90 bits per heavy atom. The molecule has 8 nitrogen and oxygen atoms in total. The molecule has 3 aromatic rings. The molecule has 1 amide bonds. The number of carboxylic acids is 1. The maximum Gasteiger partial charge on any atom is 0.354 e. The van der Waals surface area contributed by atoms with Crippen LogP contribution in [0.15, 0.2) is 36.4 Å². The fourth-order valence-electron chi connectivity index (χ4n) is 1.79. The van der Waals surface area contributed by atoms with E-state index in [4.69, 9.17) is 5.11 Å². The van der Waals surface area contributed by atoms with Gasteiger partial charge in [-0.1, -0.05) is 6.07 Å². The minimum absolute atomic E-state index is 0.139. The lowest BCUT2D eigenvalue weighted by atomic mass is 10.2. The van der Waals surface area contributed by atoms with Gasteiger partial charge in [-0.25, -0.2) is 9.78 Å². The minimum Gasteiger partial charge on any atom is -0.477 e. The number of carbonyl (C=O) groups is 2. The van der Waals surface area contributed by atoms with E-state index in [9.17, 15) is 9.59 Å². The van der Waals surface area contributed by atoms with Gasteiger partial charge in [-0.05, 0) is 30.3 Å². The zero-order valence-electron chi connectivity index (χ0n) is 10.6. The summed E-state index contributed by atoms with van der Waals surface area (Å²) in [6.07, 6.45) is 0. The second-order valence-electron chi connectivity index (χ2n) is 4.19. The van der Waals surface area contributed by atoms with Crippen LogP contribution < -0.4 is 5.32 Å². The number of carboxylic acid groups (broad SMARTS) is 1. The van der Waals surface area contributed by atoms with Gasteiger partial charge in [0.1, 0.15) is 16.9 Å². The number of pyridine rings is 1. The molecule has 1 aromatic carbocycles. The number of hydrogen-bond acceptors (Lipinski definition) is 5. The van der Waals surface area contributed by atoms with Crippen molar-refractivity contribution >= 4 is 28.7 Å². The van der Waals surface area contributed by atoms with E-state index < -0.39 is 11.9 Å². The maximum atomic E-state index is 12.1. The third-order valence-corrected chi connectivity index (χ3v) is 2.79. The van der Waals surface area contributed by atoms with Crippen LogP contribution in [0.4, 0.5) is 5.82 Å². The summed E-state index contributed by atoms with van der Waals surface area (Å²) in [5, 5.41) is 21.6. The number of H-pyrrole nitrogens is 1. The van der Waals surface area contributed by atoms with E-state index in [-0.39, 0.29) is 11.5 Å². The molecule has 104 valence electrons. The Hall–Kier alpha value is -3.29. The van der Waals surface area contributed by atoms with Crippen LogP contribution in [-0.2, 0) is 0 Å². The molecular weight excluding hydrogens is 274 g/mol. The van der Waals surface area contributed by atoms with Crippen LogP contribution in [0.3, 0.4) is 0 Å². The van der Waals surface area contributed by atoms with Gasteiger partial charge in [0.05, 0.1) is 0 Å². The number of fused-ring (bicyclic) bond motifs is 1. The van der Waals surface area contributed by atoms with Gasteiger partial charge in [0.15, 0.2) is 5.69 Å². The molecule has 0 atom stereocenters. The molecule has 2 heterocycles. The highest BCUT2D eigenvalue weighted by Crippen LogP contribution is 2.13. The molecule has 0 radical (unpaired) electrons. The second-order valence-corrected chi connectivity index (χ2v) is 4.19. The summed E-state index contributed by atoms with van der Waals surface area (Å²) < 4.78 is 0. The van der Waals surface area contributed by atoms with E-state index >= 15 is 0 Å². The number of carbonyl (C=O) groups excluding carboxylic acids is 1. The molecule has 0 aliphatic carbocycles. The first-order valence-corrected chi connectivity index (χ1v) is 5.96. The molecule has 8 heteroatoms. The molecule has 0 bridgehead atoms. The summed E-state index contributed by atoms with van der Waals surface area (Å²) in [6.45, 7) is 0. The Bertz CT molecular complexity index is 842. The van der Waals surface area contributed by atoms with E-state index in [2.05, 4.69) is 25.7 Å². The van der Waals surface area contributed by atoms with Crippen molar-refractivity contribution in [2.24, 2.45) is 0 Å². The lowest BCUT2D eigenvalue weighted by molar-refractivity contribution is 0.0690. The topological polar surface area (TPSA) is 121 Å². The van der Waals surface area contributed by atoms with Crippen molar-refractivity contribution in [2.45, 2.75) is 0 Å². The lowest BCUT2D eigenvalue weighted by Gasteiger charge is -2.05. The van der Waals surface area contributed by atoms with Crippen molar-refractivity contribution in [3.05, 3.63) is 47.7 Å².